The predicted molar refractivity (Wildman–Crippen MR) is 87.8 cm³/mol. The van der Waals surface area contributed by atoms with Crippen molar-refractivity contribution in [1.29, 1.82) is 0 Å². The maximum absolute atomic E-state index is 12.0. The smallest absolute Gasteiger partial charge is 0.225 e. The quantitative estimate of drug-likeness (QED) is 0.635. The molecule has 1 heterocycles. The molecule has 1 fully saturated rings. The summed E-state index contributed by atoms with van der Waals surface area (Å²) in [6.07, 6.45) is 0.644. The molecule has 0 aliphatic carbocycles. The molecule has 0 aromatic heterocycles. The summed E-state index contributed by atoms with van der Waals surface area (Å²) in [6.45, 7) is 2.56. The van der Waals surface area contributed by atoms with Crippen molar-refractivity contribution < 1.29 is 4.79 Å². The van der Waals surface area contributed by atoms with Gasteiger partial charge in [-0.05, 0) is 30.8 Å². The van der Waals surface area contributed by atoms with Gasteiger partial charge >= 0.3 is 0 Å². The molecule has 21 heavy (non-hydrogen) atoms. The molecule has 1 aromatic carbocycles. The number of nitrogens with one attached hydrogen (secondary N) is 4. The van der Waals surface area contributed by atoms with E-state index in [1.54, 1.807) is 0 Å². The minimum Gasteiger partial charge on any atom is -0.339 e. The highest BCUT2D eigenvalue weighted by Crippen LogP contribution is 2.30. The van der Waals surface area contributed by atoms with Crippen molar-refractivity contribution in [2.24, 2.45) is 5.92 Å². The standard InChI is InChI=1S/C14H20BrClN4O/c1-8(7-17-2)14(21)18-13-6-12(19-20-13)10-5-9(15)3-4-11(10)16/h3-5,8,12-13,17,19-20H,6-7H2,1-2H3,(H,18,21). The summed E-state index contributed by atoms with van der Waals surface area (Å²) in [5.74, 6) is -0.0325. The number of carbonyl (C=O) groups excluding carboxylic acids is 1. The van der Waals surface area contributed by atoms with Gasteiger partial charge in [0, 0.05) is 28.4 Å². The molecule has 1 amide bonds. The van der Waals surface area contributed by atoms with Gasteiger partial charge in [0.25, 0.3) is 0 Å². The van der Waals surface area contributed by atoms with Crippen LogP contribution in [0.3, 0.4) is 0 Å². The molecule has 2 rings (SSSR count). The second kappa shape index (κ2) is 7.56. The lowest BCUT2D eigenvalue weighted by Crippen LogP contribution is -2.47. The lowest BCUT2D eigenvalue weighted by molar-refractivity contribution is -0.125. The Hall–Kier alpha value is -0.660. The van der Waals surface area contributed by atoms with Crippen LogP contribution in [0.25, 0.3) is 0 Å². The molecule has 3 atom stereocenters. The number of carbonyl (C=O) groups is 1. The topological polar surface area (TPSA) is 65.2 Å². The van der Waals surface area contributed by atoms with E-state index in [0.29, 0.717) is 11.6 Å². The molecule has 0 saturated carbocycles. The maximum atomic E-state index is 12.0. The van der Waals surface area contributed by atoms with Crippen molar-refractivity contribution in [2.75, 3.05) is 13.6 Å². The summed E-state index contributed by atoms with van der Waals surface area (Å²) in [4.78, 5) is 12.0. The van der Waals surface area contributed by atoms with E-state index in [9.17, 15) is 4.79 Å². The highest BCUT2D eigenvalue weighted by atomic mass is 79.9. The summed E-state index contributed by atoms with van der Waals surface area (Å²) in [5, 5.41) is 6.71. The minimum absolute atomic E-state index is 0.0321. The van der Waals surface area contributed by atoms with E-state index in [1.807, 2.05) is 32.2 Å². The lowest BCUT2D eigenvalue weighted by Gasteiger charge is -2.16. The van der Waals surface area contributed by atoms with Gasteiger partial charge in [0.05, 0.1) is 12.2 Å². The Morgan fingerprint density at radius 3 is 3.00 bits per heavy atom. The van der Waals surface area contributed by atoms with Gasteiger partial charge in [0.1, 0.15) is 0 Å². The number of hydrogen-bond acceptors (Lipinski definition) is 4. The third-order valence-corrected chi connectivity index (χ3v) is 4.35. The lowest BCUT2D eigenvalue weighted by atomic mass is 10.0. The zero-order valence-electron chi connectivity index (χ0n) is 12.0. The SMILES string of the molecule is CNCC(C)C(=O)NC1CC(c2cc(Br)ccc2Cl)NN1. The highest BCUT2D eigenvalue weighted by Gasteiger charge is 2.28. The summed E-state index contributed by atoms with van der Waals surface area (Å²) in [5.41, 5.74) is 7.30. The van der Waals surface area contributed by atoms with Crippen molar-refractivity contribution >= 4 is 33.4 Å². The first kappa shape index (κ1) is 16.7. The molecule has 0 spiro atoms. The molecule has 5 nitrogen and oxygen atoms in total. The Bertz CT molecular complexity index is 514. The van der Waals surface area contributed by atoms with Crippen LogP contribution >= 0.6 is 27.5 Å². The monoisotopic (exact) mass is 374 g/mol. The second-order valence-corrected chi connectivity index (χ2v) is 6.59. The molecule has 1 aromatic rings. The molecular weight excluding hydrogens is 356 g/mol. The van der Waals surface area contributed by atoms with Crippen LogP contribution in [-0.2, 0) is 4.79 Å². The number of hydrazine groups is 1. The van der Waals surface area contributed by atoms with Crippen LogP contribution in [0.15, 0.2) is 22.7 Å². The first-order chi connectivity index (χ1) is 10.0. The fourth-order valence-electron chi connectivity index (χ4n) is 2.35. The van der Waals surface area contributed by atoms with E-state index in [0.717, 1.165) is 16.5 Å². The zero-order valence-corrected chi connectivity index (χ0v) is 14.4. The number of halogens is 2. The van der Waals surface area contributed by atoms with Crippen molar-refractivity contribution in [1.82, 2.24) is 21.5 Å². The van der Waals surface area contributed by atoms with Gasteiger partial charge in [0.15, 0.2) is 0 Å². The average molecular weight is 376 g/mol. The summed E-state index contributed by atoms with van der Waals surface area (Å²) in [7, 11) is 1.84. The van der Waals surface area contributed by atoms with E-state index in [-0.39, 0.29) is 24.0 Å². The molecule has 4 N–H and O–H groups in total. The van der Waals surface area contributed by atoms with Gasteiger partial charge < -0.3 is 10.6 Å². The van der Waals surface area contributed by atoms with Crippen molar-refractivity contribution in [3.63, 3.8) is 0 Å². The Kier molecular flexibility index (Phi) is 6.01. The third-order valence-electron chi connectivity index (χ3n) is 3.51. The number of rotatable bonds is 5. The van der Waals surface area contributed by atoms with Crippen LogP contribution in [0.2, 0.25) is 5.02 Å². The number of benzene rings is 1. The summed E-state index contributed by atoms with van der Waals surface area (Å²) < 4.78 is 0.985. The summed E-state index contributed by atoms with van der Waals surface area (Å²) in [6, 6.07) is 5.84. The predicted octanol–water partition coefficient (Wildman–Crippen LogP) is 1.94. The molecular formula is C14H20BrClN4O. The van der Waals surface area contributed by atoms with Crippen LogP contribution in [0, 0.1) is 5.92 Å². The summed E-state index contributed by atoms with van der Waals surface area (Å²) >= 11 is 9.69. The fraction of sp³-hybridized carbons (Fsp3) is 0.500. The molecule has 1 saturated heterocycles. The number of amides is 1. The number of hydrogen-bond donors (Lipinski definition) is 4. The zero-order chi connectivity index (χ0) is 15.4. The normalized spacial score (nSPS) is 23.0. The highest BCUT2D eigenvalue weighted by molar-refractivity contribution is 9.10. The van der Waals surface area contributed by atoms with Crippen LogP contribution in [0.1, 0.15) is 24.9 Å². The van der Waals surface area contributed by atoms with E-state index in [4.69, 9.17) is 11.6 Å². The third kappa shape index (κ3) is 4.40. The van der Waals surface area contributed by atoms with E-state index in [2.05, 4.69) is 37.4 Å². The molecule has 3 unspecified atom stereocenters. The first-order valence-corrected chi connectivity index (χ1v) is 8.09. The molecule has 1 aliphatic heterocycles. The van der Waals surface area contributed by atoms with Gasteiger partial charge in [-0.3, -0.25) is 4.79 Å². The van der Waals surface area contributed by atoms with Crippen LogP contribution in [0.4, 0.5) is 0 Å². The minimum atomic E-state index is -0.100. The molecule has 0 radical (unpaired) electrons. The molecule has 0 bridgehead atoms. The van der Waals surface area contributed by atoms with Crippen molar-refractivity contribution in [2.45, 2.75) is 25.6 Å². The van der Waals surface area contributed by atoms with E-state index >= 15 is 0 Å². The van der Waals surface area contributed by atoms with Crippen LogP contribution in [0.5, 0.6) is 0 Å². The maximum Gasteiger partial charge on any atom is 0.225 e. The Labute approximate surface area is 138 Å². The van der Waals surface area contributed by atoms with E-state index in [1.165, 1.54) is 0 Å². The van der Waals surface area contributed by atoms with Gasteiger partial charge in [-0.25, -0.2) is 10.9 Å². The largest absolute Gasteiger partial charge is 0.339 e. The van der Waals surface area contributed by atoms with E-state index < -0.39 is 0 Å². The Morgan fingerprint density at radius 2 is 2.29 bits per heavy atom. The molecule has 7 heteroatoms. The van der Waals surface area contributed by atoms with Gasteiger partial charge in [-0.15, -0.1) is 0 Å². The fourth-order valence-corrected chi connectivity index (χ4v) is 2.98. The Morgan fingerprint density at radius 1 is 1.52 bits per heavy atom. The van der Waals surface area contributed by atoms with Crippen LogP contribution in [-0.4, -0.2) is 25.7 Å². The average Bonchev–Trinajstić information content (AvgIpc) is 2.90. The van der Waals surface area contributed by atoms with Gasteiger partial charge in [-0.1, -0.05) is 34.5 Å². The van der Waals surface area contributed by atoms with Crippen LogP contribution < -0.4 is 21.5 Å². The molecule has 116 valence electrons. The van der Waals surface area contributed by atoms with Gasteiger partial charge in [0.2, 0.25) is 5.91 Å². The van der Waals surface area contributed by atoms with Crippen molar-refractivity contribution in [3.05, 3.63) is 33.3 Å². The van der Waals surface area contributed by atoms with Crippen molar-refractivity contribution in [3.8, 4) is 0 Å². The molecule has 1 aliphatic rings. The first-order valence-electron chi connectivity index (χ1n) is 6.92. The van der Waals surface area contributed by atoms with Gasteiger partial charge in [-0.2, -0.15) is 0 Å². The Balaban J connectivity index is 1.94. The second-order valence-electron chi connectivity index (χ2n) is 5.26.